The van der Waals surface area contributed by atoms with Gasteiger partial charge >= 0.3 is 0 Å². The lowest BCUT2D eigenvalue weighted by molar-refractivity contribution is -0.114. The molecular formula is C24H25N3O3. The quantitative estimate of drug-likeness (QED) is 0.526. The fraction of sp³-hybridized carbons (Fsp3) is 0.167. The first-order valence-corrected chi connectivity index (χ1v) is 9.69. The van der Waals surface area contributed by atoms with Crippen molar-refractivity contribution in [3.8, 4) is 5.75 Å². The van der Waals surface area contributed by atoms with Gasteiger partial charge in [0.2, 0.25) is 5.91 Å². The van der Waals surface area contributed by atoms with E-state index in [0.717, 1.165) is 5.56 Å². The normalized spacial score (nSPS) is 11.3. The van der Waals surface area contributed by atoms with Crippen LogP contribution in [0.4, 0.5) is 11.4 Å². The second-order valence-corrected chi connectivity index (χ2v) is 6.82. The van der Waals surface area contributed by atoms with Gasteiger partial charge in [0.1, 0.15) is 5.75 Å². The molecule has 0 radical (unpaired) electrons. The third-order valence-electron chi connectivity index (χ3n) is 4.58. The molecule has 6 nitrogen and oxygen atoms in total. The van der Waals surface area contributed by atoms with Crippen molar-refractivity contribution >= 4 is 23.2 Å². The number of nitrogens with one attached hydrogen (secondary N) is 3. The molecule has 0 aliphatic rings. The van der Waals surface area contributed by atoms with Crippen molar-refractivity contribution in [3.63, 3.8) is 0 Å². The van der Waals surface area contributed by atoms with Crippen LogP contribution in [0.15, 0.2) is 78.9 Å². The summed E-state index contributed by atoms with van der Waals surface area (Å²) in [5, 5.41) is 8.85. The third-order valence-corrected chi connectivity index (χ3v) is 4.58. The van der Waals surface area contributed by atoms with Gasteiger partial charge in [0.05, 0.1) is 19.7 Å². The Morgan fingerprint density at radius 3 is 2.40 bits per heavy atom. The molecule has 0 aromatic heterocycles. The number of anilines is 2. The van der Waals surface area contributed by atoms with E-state index in [1.165, 1.54) is 0 Å². The van der Waals surface area contributed by atoms with Crippen LogP contribution in [-0.4, -0.2) is 25.5 Å². The topological polar surface area (TPSA) is 79.5 Å². The number of methoxy groups -OCH3 is 1. The van der Waals surface area contributed by atoms with Crippen LogP contribution in [0.3, 0.4) is 0 Å². The Hall–Kier alpha value is -3.80. The molecule has 0 saturated heterocycles. The van der Waals surface area contributed by atoms with Crippen LogP contribution < -0.4 is 20.7 Å². The number of hydrogen-bond donors (Lipinski definition) is 3. The van der Waals surface area contributed by atoms with Gasteiger partial charge in [-0.15, -0.1) is 0 Å². The average molecular weight is 403 g/mol. The summed E-state index contributed by atoms with van der Waals surface area (Å²) in [7, 11) is 1.58. The molecule has 30 heavy (non-hydrogen) atoms. The summed E-state index contributed by atoms with van der Waals surface area (Å²) in [6.07, 6.45) is 0. The molecule has 6 heteroatoms. The van der Waals surface area contributed by atoms with E-state index in [9.17, 15) is 9.59 Å². The molecule has 2 amide bonds. The summed E-state index contributed by atoms with van der Waals surface area (Å²) < 4.78 is 5.15. The highest BCUT2D eigenvalue weighted by Crippen LogP contribution is 2.17. The first-order chi connectivity index (χ1) is 14.5. The van der Waals surface area contributed by atoms with Crippen molar-refractivity contribution < 1.29 is 14.3 Å². The molecule has 1 unspecified atom stereocenters. The zero-order chi connectivity index (χ0) is 21.3. The molecule has 3 aromatic carbocycles. The summed E-state index contributed by atoms with van der Waals surface area (Å²) in [6.45, 7) is 2.01. The number of carbonyl (C=O) groups is 2. The summed E-state index contributed by atoms with van der Waals surface area (Å²) in [5.74, 6) is 0.302. The zero-order valence-electron chi connectivity index (χ0n) is 17.0. The molecule has 3 N–H and O–H groups in total. The summed E-state index contributed by atoms with van der Waals surface area (Å²) in [4.78, 5) is 24.8. The number of hydrogen-bond acceptors (Lipinski definition) is 4. The molecule has 0 bridgehead atoms. The lowest BCUT2D eigenvalue weighted by Gasteiger charge is -2.15. The van der Waals surface area contributed by atoms with Crippen molar-refractivity contribution in [3.05, 3.63) is 90.0 Å². The maximum absolute atomic E-state index is 12.6. The Balaban J connectivity index is 1.55. The number of ether oxygens (including phenoxy) is 1. The van der Waals surface area contributed by atoms with Gasteiger partial charge < -0.3 is 20.7 Å². The van der Waals surface area contributed by atoms with Gasteiger partial charge in [-0.05, 0) is 42.8 Å². The molecular weight excluding hydrogens is 378 g/mol. The standard InChI is InChI=1S/C24H25N3O3/c1-17(18-8-4-3-5-9-18)26-24(29)19-10-6-11-20(14-19)25-16-23(28)27-21-12-7-13-22(15-21)30-2/h3-15,17,25H,16H2,1-2H3,(H,26,29)(H,27,28). The van der Waals surface area contributed by atoms with E-state index in [4.69, 9.17) is 4.74 Å². The van der Waals surface area contributed by atoms with Crippen LogP contribution >= 0.6 is 0 Å². The van der Waals surface area contributed by atoms with Crippen LogP contribution in [0.25, 0.3) is 0 Å². The molecule has 154 valence electrons. The minimum Gasteiger partial charge on any atom is -0.497 e. The lowest BCUT2D eigenvalue weighted by atomic mass is 10.1. The van der Waals surface area contributed by atoms with E-state index in [2.05, 4.69) is 16.0 Å². The maximum Gasteiger partial charge on any atom is 0.251 e. The molecule has 0 saturated carbocycles. The van der Waals surface area contributed by atoms with Gasteiger partial charge in [0.25, 0.3) is 5.91 Å². The van der Waals surface area contributed by atoms with Crippen molar-refractivity contribution in [2.45, 2.75) is 13.0 Å². The smallest absolute Gasteiger partial charge is 0.251 e. The largest absolute Gasteiger partial charge is 0.497 e. The number of benzene rings is 3. The Morgan fingerprint density at radius 2 is 1.63 bits per heavy atom. The van der Waals surface area contributed by atoms with Crippen LogP contribution in [0, 0.1) is 0 Å². The molecule has 0 spiro atoms. The van der Waals surface area contributed by atoms with E-state index in [0.29, 0.717) is 22.7 Å². The Labute approximate surface area is 176 Å². The van der Waals surface area contributed by atoms with Crippen LogP contribution in [-0.2, 0) is 4.79 Å². The lowest BCUT2D eigenvalue weighted by Crippen LogP contribution is -2.26. The zero-order valence-corrected chi connectivity index (χ0v) is 17.0. The first kappa shape index (κ1) is 20.9. The Kier molecular flexibility index (Phi) is 7.05. The predicted molar refractivity (Wildman–Crippen MR) is 119 cm³/mol. The monoisotopic (exact) mass is 403 g/mol. The SMILES string of the molecule is COc1cccc(NC(=O)CNc2cccc(C(=O)NC(C)c3ccccc3)c2)c1. The van der Waals surface area contributed by atoms with Gasteiger partial charge in [-0.3, -0.25) is 9.59 Å². The van der Waals surface area contributed by atoms with Gasteiger partial charge in [-0.25, -0.2) is 0 Å². The van der Waals surface area contributed by atoms with E-state index in [1.807, 2.05) is 49.4 Å². The molecule has 0 aliphatic heterocycles. The fourth-order valence-electron chi connectivity index (χ4n) is 2.96. The third kappa shape index (κ3) is 5.85. The number of rotatable bonds is 8. The second-order valence-electron chi connectivity index (χ2n) is 6.82. The van der Waals surface area contributed by atoms with E-state index < -0.39 is 0 Å². The number of carbonyl (C=O) groups excluding carboxylic acids is 2. The van der Waals surface area contributed by atoms with Crippen LogP contribution in [0.5, 0.6) is 5.75 Å². The molecule has 0 fully saturated rings. The highest BCUT2D eigenvalue weighted by Gasteiger charge is 2.12. The Bertz CT molecular complexity index is 1010. The second kappa shape index (κ2) is 10.1. The fourth-order valence-corrected chi connectivity index (χ4v) is 2.96. The van der Waals surface area contributed by atoms with Crippen LogP contribution in [0.1, 0.15) is 28.9 Å². The van der Waals surface area contributed by atoms with Gasteiger partial charge in [0.15, 0.2) is 0 Å². The van der Waals surface area contributed by atoms with Gasteiger partial charge in [-0.2, -0.15) is 0 Å². The van der Waals surface area contributed by atoms with E-state index >= 15 is 0 Å². The highest BCUT2D eigenvalue weighted by atomic mass is 16.5. The van der Waals surface area contributed by atoms with E-state index in [1.54, 1.807) is 43.5 Å². The molecule has 3 rings (SSSR count). The summed E-state index contributed by atoms with van der Waals surface area (Å²) in [5.41, 5.74) is 2.91. The number of amides is 2. The molecule has 0 heterocycles. The predicted octanol–water partition coefficient (Wildman–Crippen LogP) is 4.24. The summed E-state index contributed by atoms with van der Waals surface area (Å²) in [6, 6.07) is 23.9. The van der Waals surface area contributed by atoms with Gasteiger partial charge in [-0.1, -0.05) is 42.5 Å². The van der Waals surface area contributed by atoms with Gasteiger partial charge in [0, 0.05) is 23.0 Å². The van der Waals surface area contributed by atoms with E-state index in [-0.39, 0.29) is 24.4 Å². The molecule has 0 aliphatic carbocycles. The first-order valence-electron chi connectivity index (χ1n) is 9.69. The highest BCUT2D eigenvalue weighted by molar-refractivity contribution is 5.96. The maximum atomic E-state index is 12.6. The van der Waals surface area contributed by atoms with Crippen molar-refractivity contribution in [1.82, 2.24) is 5.32 Å². The van der Waals surface area contributed by atoms with Crippen molar-refractivity contribution in [2.75, 3.05) is 24.3 Å². The molecule has 3 aromatic rings. The van der Waals surface area contributed by atoms with Crippen molar-refractivity contribution in [2.24, 2.45) is 0 Å². The minimum absolute atomic E-state index is 0.0721. The van der Waals surface area contributed by atoms with Crippen LogP contribution in [0.2, 0.25) is 0 Å². The van der Waals surface area contributed by atoms with Crippen molar-refractivity contribution in [1.29, 1.82) is 0 Å². The Morgan fingerprint density at radius 1 is 0.900 bits per heavy atom. The molecule has 1 atom stereocenters. The summed E-state index contributed by atoms with van der Waals surface area (Å²) >= 11 is 0. The minimum atomic E-state index is -0.198. The average Bonchev–Trinajstić information content (AvgIpc) is 2.78.